The van der Waals surface area contributed by atoms with E-state index in [2.05, 4.69) is 32.1 Å². The molecule has 3 heteroatoms. The van der Waals surface area contributed by atoms with E-state index in [-0.39, 0.29) is 63.6 Å². The Morgan fingerprint density at radius 1 is 1.45 bits per heavy atom. The van der Waals surface area contributed by atoms with Gasteiger partial charge >= 0.3 is 58.2 Å². The van der Waals surface area contributed by atoms with Gasteiger partial charge in [0.25, 0.3) is 0 Å². The van der Waals surface area contributed by atoms with Crippen LogP contribution < -0.4 is 58.2 Å². The molecular formula is C8H13N2Rb. The van der Waals surface area contributed by atoms with Gasteiger partial charge in [-0.15, -0.1) is 6.20 Å². The second-order valence-electron chi connectivity index (χ2n) is 3.53. The molecule has 0 amide bonds. The van der Waals surface area contributed by atoms with Crippen LogP contribution in [0.2, 0.25) is 0 Å². The molecule has 0 aliphatic heterocycles. The third kappa shape index (κ3) is 3.49. The molecule has 11 heavy (non-hydrogen) atoms. The molecule has 0 saturated carbocycles. The van der Waals surface area contributed by atoms with Gasteiger partial charge in [0.2, 0.25) is 0 Å². The summed E-state index contributed by atoms with van der Waals surface area (Å²) < 4.78 is 1.71. The maximum atomic E-state index is 4.24. The van der Waals surface area contributed by atoms with Gasteiger partial charge in [-0.3, -0.25) is 5.10 Å². The second-order valence-corrected chi connectivity index (χ2v) is 3.53. The maximum Gasteiger partial charge on any atom is 1.00 e. The Bertz CT molecular complexity index is 222. The van der Waals surface area contributed by atoms with E-state index in [1.165, 1.54) is 0 Å². The monoisotopic (exact) mass is 222 g/mol. The molecule has 56 valence electrons. The molecule has 2 nitrogen and oxygen atoms in total. The molecule has 0 N–H and O–H groups in total. The molecule has 0 aliphatic carbocycles. The van der Waals surface area contributed by atoms with Crippen molar-refractivity contribution in [3.63, 3.8) is 0 Å². The number of nitrogens with zero attached hydrogens (tertiary/aromatic N) is 2. The molecule has 0 saturated heterocycles. The average molecular weight is 223 g/mol. The summed E-state index contributed by atoms with van der Waals surface area (Å²) in [5.41, 5.74) is 1.24. The Morgan fingerprint density at radius 3 is 2.18 bits per heavy atom. The average Bonchev–Trinajstić information content (AvgIpc) is 2.11. The molecule has 0 fully saturated rings. The second kappa shape index (κ2) is 4.31. The first-order valence-electron chi connectivity index (χ1n) is 3.42. The van der Waals surface area contributed by atoms with Crippen molar-refractivity contribution in [2.75, 3.05) is 0 Å². The van der Waals surface area contributed by atoms with Crippen LogP contribution in [0.5, 0.6) is 0 Å². The molecule has 0 radical (unpaired) electrons. The predicted molar refractivity (Wildman–Crippen MR) is 40.7 cm³/mol. The van der Waals surface area contributed by atoms with Crippen LogP contribution in [0.25, 0.3) is 0 Å². The van der Waals surface area contributed by atoms with Gasteiger partial charge in [0, 0.05) is 7.05 Å². The Kier molecular flexibility index (Phi) is 4.71. The first-order chi connectivity index (χ1) is 4.50. The Balaban J connectivity index is 0.000001000. The summed E-state index contributed by atoms with van der Waals surface area (Å²) >= 11 is 0. The van der Waals surface area contributed by atoms with Gasteiger partial charge in [-0.25, -0.2) is 0 Å². The van der Waals surface area contributed by atoms with Crippen molar-refractivity contribution >= 4 is 0 Å². The van der Waals surface area contributed by atoms with Crippen LogP contribution in [-0.2, 0) is 12.5 Å². The molecular weight excluding hydrogens is 210 g/mol. The Hall–Kier alpha value is 1.02. The first kappa shape index (κ1) is 12.0. The standard InChI is InChI=1S/C8H13N2.Rb/c1-8(2,3)7-5-6-10(4)9-7;/h5H,1-4H3;/q-1;+1. The van der Waals surface area contributed by atoms with Crippen molar-refractivity contribution in [1.82, 2.24) is 9.78 Å². The number of aromatic nitrogens is 2. The summed E-state index contributed by atoms with van der Waals surface area (Å²) in [4.78, 5) is 0. The third-order valence-electron chi connectivity index (χ3n) is 1.41. The van der Waals surface area contributed by atoms with Crippen molar-refractivity contribution in [3.8, 4) is 0 Å². The van der Waals surface area contributed by atoms with E-state index in [1.54, 1.807) is 4.68 Å². The minimum atomic E-state index is 0. The van der Waals surface area contributed by atoms with E-state index in [4.69, 9.17) is 0 Å². The van der Waals surface area contributed by atoms with Crippen LogP contribution in [0.4, 0.5) is 0 Å². The molecule has 0 aliphatic rings. The molecule has 1 rings (SSSR count). The molecule has 1 aromatic heterocycles. The van der Waals surface area contributed by atoms with E-state index in [0.717, 1.165) is 5.69 Å². The summed E-state index contributed by atoms with van der Waals surface area (Å²) in [6, 6.07) is 1.93. The van der Waals surface area contributed by atoms with Crippen molar-refractivity contribution < 1.29 is 58.2 Å². The van der Waals surface area contributed by atoms with E-state index in [1.807, 2.05) is 13.1 Å². The van der Waals surface area contributed by atoms with Crippen LogP contribution in [0, 0.1) is 6.20 Å². The zero-order valence-corrected chi connectivity index (χ0v) is 12.9. The van der Waals surface area contributed by atoms with Crippen LogP contribution in [-0.4, -0.2) is 9.78 Å². The van der Waals surface area contributed by atoms with E-state index >= 15 is 0 Å². The van der Waals surface area contributed by atoms with Crippen LogP contribution >= 0.6 is 0 Å². The number of hydrogen-bond donors (Lipinski definition) is 0. The summed E-state index contributed by atoms with van der Waals surface area (Å²) in [7, 11) is 1.88. The quantitative estimate of drug-likeness (QED) is 0.490. The summed E-state index contributed by atoms with van der Waals surface area (Å²) in [5.74, 6) is 0. The van der Waals surface area contributed by atoms with E-state index in [0.29, 0.717) is 0 Å². The van der Waals surface area contributed by atoms with Crippen LogP contribution in [0.15, 0.2) is 6.07 Å². The zero-order chi connectivity index (χ0) is 7.78. The SMILES string of the molecule is Cn1[c-]cc(C(C)(C)C)n1.[Rb+]. The summed E-state index contributed by atoms with van der Waals surface area (Å²) in [6.45, 7) is 6.43. The van der Waals surface area contributed by atoms with Crippen molar-refractivity contribution in [1.29, 1.82) is 0 Å². The molecule has 1 aromatic rings. The third-order valence-corrected chi connectivity index (χ3v) is 1.41. The summed E-state index contributed by atoms with van der Waals surface area (Å²) in [5, 5.41) is 4.24. The molecule has 0 unspecified atom stereocenters. The van der Waals surface area contributed by atoms with Crippen molar-refractivity contribution in [3.05, 3.63) is 18.0 Å². The molecule has 0 spiro atoms. The van der Waals surface area contributed by atoms with Gasteiger partial charge in [0.05, 0.1) is 0 Å². The van der Waals surface area contributed by atoms with Crippen molar-refractivity contribution in [2.24, 2.45) is 7.05 Å². The number of aryl methyl sites for hydroxylation is 1. The smallest absolute Gasteiger partial charge is 0.379 e. The van der Waals surface area contributed by atoms with Crippen LogP contribution in [0.3, 0.4) is 0 Å². The fraction of sp³-hybridized carbons (Fsp3) is 0.625. The minimum absolute atomic E-state index is 0. The van der Waals surface area contributed by atoms with Gasteiger partial charge in [-0.05, 0) is 0 Å². The van der Waals surface area contributed by atoms with Gasteiger partial charge < -0.3 is 4.68 Å². The van der Waals surface area contributed by atoms with Gasteiger partial charge in [-0.1, -0.05) is 31.9 Å². The van der Waals surface area contributed by atoms with Gasteiger partial charge in [-0.2, -0.15) is 6.07 Å². The molecule has 0 atom stereocenters. The number of hydrogen-bond acceptors (Lipinski definition) is 1. The summed E-state index contributed by atoms with van der Waals surface area (Å²) in [6.07, 6.45) is 2.98. The molecule has 0 aromatic carbocycles. The fourth-order valence-corrected chi connectivity index (χ4v) is 0.740. The fourth-order valence-electron chi connectivity index (χ4n) is 0.740. The maximum absolute atomic E-state index is 4.24. The topological polar surface area (TPSA) is 17.8 Å². The normalized spacial score (nSPS) is 10.9. The minimum Gasteiger partial charge on any atom is -0.379 e. The Labute approximate surface area is 117 Å². The first-order valence-corrected chi connectivity index (χ1v) is 3.42. The Morgan fingerprint density at radius 2 is 2.00 bits per heavy atom. The van der Waals surface area contributed by atoms with Crippen LogP contribution in [0.1, 0.15) is 26.5 Å². The van der Waals surface area contributed by atoms with E-state index < -0.39 is 0 Å². The predicted octanol–water partition coefficient (Wildman–Crippen LogP) is -1.48. The number of rotatable bonds is 0. The van der Waals surface area contributed by atoms with Crippen molar-refractivity contribution in [2.45, 2.75) is 26.2 Å². The van der Waals surface area contributed by atoms with Gasteiger partial charge in [0.1, 0.15) is 0 Å². The van der Waals surface area contributed by atoms with E-state index in [9.17, 15) is 0 Å². The molecule has 0 bridgehead atoms. The zero-order valence-electron chi connectivity index (χ0n) is 7.97. The largest absolute Gasteiger partial charge is 1.00 e. The molecule has 1 heterocycles. The van der Waals surface area contributed by atoms with Gasteiger partial charge in [0.15, 0.2) is 0 Å².